The van der Waals surface area contributed by atoms with Gasteiger partial charge >= 0.3 is 0 Å². The van der Waals surface area contributed by atoms with Gasteiger partial charge in [0.1, 0.15) is 5.01 Å². The number of hydrogen-bond acceptors (Lipinski definition) is 6. The first-order valence-electron chi connectivity index (χ1n) is 6.74. The summed E-state index contributed by atoms with van der Waals surface area (Å²) in [6.07, 6.45) is 4.80. The van der Waals surface area contributed by atoms with E-state index in [1.165, 1.54) is 19.3 Å². The smallest absolute Gasteiger partial charge is 0.205 e. The van der Waals surface area contributed by atoms with Crippen LogP contribution in [0.15, 0.2) is 0 Å². The lowest BCUT2D eigenvalue weighted by Crippen LogP contribution is -2.36. The first-order chi connectivity index (χ1) is 8.83. The Kier molecular flexibility index (Phi) is 5.34. The number of nitrogens with one attached hydrogen (secondary N) is 1. The molecule has 2 heterocycles. The van der Waals surface area contributed by atoms with Gasteiger partial charge in [-0.25, -0.2) is 0 Å². The van der Waals surface area contributed by atoms with Crippen LogP contribution in [0.25, 0.3) is 0 Å². The standard InChI is InChI=1S/C12H22N4OS/c1-2-13-12-15-14-11(18-12)8-16-7-5-3-4-6-10(16)9-17/h10,17H,2-9H2,1H3,(H,13,15). The highest BCUT2D eigenvalue weighted by atomic mass is 32.1. The molecule has 1 aromatic heterocycles. The Morgan fingerprint density at radius 2 is 2.28 bits per heavy atom. The van der Waals surface area contributed by atoms with Crippen molar-refractivity contribution < 1.29 is 5.11 Å². The van der Waals surface area contributed by atoms with E-state index in [0.29, 0.717) is 6.04 Å². The quantitative estimate of drug-likeness (QED) is 0.853. The zero-order valence-corrected chi connectivity index (χ0v) is 11.7. The van der Waals surface area contributed by atoms with Gasteiger partial charge in [0, 0.05) is 12.6 Å². The van der Waals surface area contributed by atoms with Gasteiger partial charge < -0.3 is 10.4 Å². The average Bonchev–Trinajstić information content (AvgIpc) is 2.69. The van der Waals surface area contributed by atoms with Crippen LogP contribution in [-0.4, -0.2) is 45.9 Å². The SMILES string of the molecule is CCNc1nnc(CN2CCCCCC2CO)s1. The number of nitrogens with zero attached hydrogens (tertiary/aromatic N) is 3. The van der Waals surface area contributed by atoms with Crippen LogP contribution in [-0.2, 0) is 6.54 Å². The van der Waals surface area contributed by atoms with Crippen molar-refractivity contribution in [2.75, 3.05) is 25.0 Å². The molecule has 1 saturated heterocycles. The van der Waals surface area contributed by atoms with Crippen molar-refractivity contribution in [3.8, 4) is 0 Å². The molecule has 1 aromatic rings. The van der Waals surface area contributed by atoms with Gasteiger partial charge in [0.2, 0.25) is 5.13 Å². The fraction of sp³-hybridized carbons (Fsp3) is 0.833. The predicted octanol–water partition coefficient (Wildman–Crippen LogP) is 1.71. The summed E-state index contributed by atoms with van der Waals surface area (Å²) in [7, 11) is 0. The highest BCUT2D eigenvalue weighted by Gasteiger charge is 2.21. The van der Waals surface area contributed by atoms with Crippen molar-refractivity contribution in [2.45, 2.75) is 45.2 Å². The van der Waals surface area contributed by atoms with Gasteiger partial charge in [0.15, 0.2) is 0 Å². The number of likely N-dealkylation sites (tertiary alicyclic amines) is 1. The van der Waals surface area contributed by atoms with E-state index in [9.17, 15) is 5.11 Å². The normalized spacial score (nSPS) is 21.8. The van der Waals surface area contributed by atoms with Crippen LogP contribution in [0.4, 0.5) is 5.13 Å². The zero-order chi connectivity index (χ0) is 12.8. The van der Waals surface area contributed by atoms with Crippen LogP contribution in [0.3, 0.4) is 0 Å². The molecule has 2 N–H and O–H groups in total. The van der Waals surface area contributed by atoms with E-state index in [4.69, 9.17) is 0 Å². The molecule has 1 unspecified atom stereocenters. The molecule has 1 fully saturated rings. The first-order valence-corrected chi connectivity index (χ1v) is 7.56. The number of aliphatic hydroxyl groups excluding tert-OH is 1. The van der Waals surface area contributed by atoms with Crippen molar-refractivity contribution in [1.82, 2.24) is 15.1 Å². The maximum absolute atomic E-state index is 9.47. The lowest BCUT2D eigenvalue weighted by atomic mass is 10.1. The highest BCUT2D eigenvalue weighted by molar-refractivity contribution is 7.15. The maximum Gasteiger partial charge on any atom is 0.205 e. The molecule has 0 radical (unpaired) electrons. The van der Waals surface area contributed by atoms with Crippen LogP contribution in [0.1, 0.15) is 37.6 Å². The molecule has 5 nitrogen and oxygen atoms in total. The van der Waals surface area contributed by atoms with E-state index < -0.39 is 0 Å². The molecule has 1 aliphatic rings. The van der Waals surface area contributed by atoms with Crippen molar-refractivity contribution in [3.63, 3.8) is 0 Å². The summed E-state index contributed by atoms with van der Waals surface area (Å²) in [5, 5.41) is 22.9. The number of aromatic nitrogens is 2. The van der Waals surface area contributed by atoms with E-state index in [-0.39, 0.29) is 6.61 Å². The van der Waals surface area contributed by atoms with Gasteiger partial charge in [-0.15, -0.1) is 10.2 Å². The van der Waals surface area contributed by atoms with Crippen molar-refractivity contribution in [1.29, 1.82) is 0 Å². The minimum Gasteiger partial charge on any atom is -0.395 e. The molecule has 2 rings (SSSR count). The Morgan fingerprint density at radius 1 is 1.39 bits per heavy atom. The average molecular weight is 270 g/mol. The molecular formula is C12H22N4OS. The van der Waals surface area contributed by atoms with Gasteiger partial charge in [-0.2, -0.15) is 0 Å². The maximum atomic E-state index is 9.47. The third kappa shape index (κ3) is 3.63. The summed E-state index contributed by atoms with van der Waals surface area (Å²) in [6, 6.07) is 0.291. The lowest BCUT2D eigenvalue weighted by molar-refractivity contribution is 0.118. The molecule has 1 aliphatic heterocycles. The van der Waals surface area contributed by atoms with Crippen LogP contribution in [0.2, 0.25) is 0 Å². The Balaban J connectivity index is 1.96. The predicted molar refractivity (Wildman–Crippen MR) is 73.8 cm³/mol. The highest BCUT2D eigenvalue weighted by Crippen LogP contribution is 2.22. The third-order valence-corrected chi connectivity index (χ3v) is 4.21. The third-order valence-electron chi connectivity index (χ3n) is 3.34. The Bertz CT molecular complexity index is 358. The molecule has 0 amide bonds. The van der Waals surface area contributed by atoms with E-state index in [1.54, 1.807) is 11.3 Å². The summed E-state index contributed by atoms with van der Waals surface area (Å²) in [4.78, 5) is 2.35. The number of anilines is 1. The molecule has 18 heavy (non-hydrogen) atoms. The number of rotatable bonds is 5. The van der Waals surface area contributed by atoms with Gasteiger partial charge in [0.25, 0.3) is 0 Å². The molecular weight excluding hydrogens is 248 g/mol. The Hall–Kier alpha value is -0.720. The molecule has 102 valence electrons. The van der Waals surface area contributed by atoms with Crippen LogP contribution >= 0.6 is 11.3 Å². The van der Waals surface area contributed by atoms with Crippen LogP contribution < -0.4 is 5.32 Å². The topological polar surface area (TPSA) is 61.3 Å². The molecule has 6 heteroatoms. The second-order valence-electron chi connectivity index (χ2n) is 4.69. The van der Waals surface area contributed by atoms with E-state index in [2.05, 4.69) is 27.3 Å². The second-order valence-corrected chi connectivity index (χ2v) is 5.75. The van der Waals surface area contributed by atoms with Crippen molar-refractivity contribution in [3.05, 3.63) is 5.01 Å². The molecule has 0 bridgehead atoms. The summed E-state index contributed by atoms with van der Waals surface area (Å²) in [6.45, 7) is 5.05. The Morgan fingerprint density at radius 3 is 3.06 bits per heavy atom. The monoisotopic (exact) mass is 270 g/mol. The summed E-state index contributed by atoms with van der Waals surface area (Å²) in [5.74, 6) is 0. The summed E-state index contributed by atoms with van der Waals surface area (Å²) >= 11 is 1.61. The van der Waals surface area contributed by atoms with Gasteiger partial charge in [-0.1, -0.05) is 24.2 Å². The second kappa shape index (κ2) is 7.01. The van der Waals surface area contributed by atoms with Gasteiger partial charge in [-0.05, 0) is 26.3 Å². The molecule has 0 aliphatic carbocycles. The lowest BCUT2D eigenvalue weighted by Gasteiger charge is -2.27. The van der Waals surface area contributed by atoms with Crippen LogP contribution in [0.5, 0.6) is 0 Å². The van der Waals surface area contributed by atoms with E-state index in [1.807, 2.05) is 0 Å². The van der Waals surface area contributed by atoms with E-state index >= 15 is 0 Å². The largest absolute Gasteiger partial charge is 0.395 e. The minimum atomic E-state index is 0.249. The van der Waals surface area contributed by atoms with Crippen LogP contribution in [0, 0.1) is 0 Å². The first kappa shape index (κ1) is 13.7. The summed E-state index contributed by atoms with van der Waals surface area (Å²) < 4.78 is 0. The fourth-order valence-electron chi connectivity index (χ4n) is 2.37. The summed E-state index contributed by atoms with van der Waals surface area (Å²) in [5.41, 5.74) is 0. The Labute approximate surface area is 112 Å². The minimum absolute atomic E-state index is 0.249. The van der Waals surface area contributed by atoms with Gasteiger partial charge in [0.05, 0.1) is 13.2 Å². The molecule has 1 atom stereocenters. The molecule has 0 spiro atoms. The van der Waals surface area contributed by atoms with Gasteiger partial charge in [-0.3, -0.25) is 4.90 Å². The van der Waals surface area contributed by atoms with Crippen molar-refractivity contribution in [2.24, 2.45) is 0 Å². The number of aliphatic hydroxyl groups is 1. The molecule has 0 aromatic carbocycles. The van der Waals surface area contributed by atoms with Crippen molar-refractivity contribution >= 4 is 16.5 Å². The fourth-order valence-corrected chi connectivity index (χ4v) is 3.20. The zero-order valence-electron chi connectivity index (χ0n) is 10.9. The molecule has 0 saturated carbocycles. The van der Waals surface area contributed by atoms with E-state index in [0.717, 1.165) is 36.2 Å². The number of hydrogen-bond donors (Lipinski definition) is 2.